The number of aliphatic hydroxyl groups is 5. The highest BCUT2D eigenvalue weighted by Gasteiger charge is 2.44. The van der Waals surface area contributed by atoms with E-state index in [2.05, 4.69) is 55.6 Å². The van der Waals surface area contributed by atoms with Crippen molar-refractivity contribution in [3.05, 3.63) is 36.5 Å². The van der Waals surface area contributed by atoms with Crippen molar-refractivity contribution in [2.75, 3.05) is 13.2 Å². The van der Waals surface area contributed by atoms with Crippen molar-refractivity contribution < 1.29 is 39.8 Å². The van der Waals surface area contributed by atoms with Gasteiger partial charge in [-0.15, -0.1) is 0 Å². The van der Waals surface area contributed by atoms with E-state index in [4.69, 9.17) is 9.47 Å². The van der Waals surface area contributed by atoms with Crippen molar-refractivity contribution in [2.24, 2.45) is 0 Å². The largest absolute Gasteiger partial charge is 0.394 e. The lowest BCUT2D eigenvalue weighted by Crippen LogP contribution is -2.60. The second kappa shape index (κ2) is 34.9. The summed E-state index contributed by atoms with van der Waals surface area (Å²) < 4.78 is 11.2. The van der Waals surface area contributed by atoms with Gasteiger partial charge in [0.05, 0.1) is 25.4 Å². The minimum Gasteiger partial charge on any atom is -0.394 e. The van der Waals surface area contributed by atoms with Crippen molar-refractivity contribution in [2.45, 2.75) is 224 Å². The van der Waals surface area contributed by atoms with Gasteiger partial charge in [-0.2, -0.15) is 0 Å². The zero-order valence-electron chi connectivity index (χ0n) is 33.8. The van der Waals surface area contributed by atoms with Crippen LogP contribution in [0.1, 0.15) is 181 Å². The number of carbonyl (C=O) groups is 1. The van der Waals surface area contributed by atoms with Gasteiger partial charge < -0.3 is 40.3 Å². The summed E-state index contributed by atoms with van der Waals surface area (Å²) in [6.07, 6.45) is 34.4. The molecule has 310 valence electrons. The first-order chi connectivity index (χ1) is 25.8. The molecule has 1 heterocycles. The van der Waals surface area contributed by atoms with E-state index in [0.717, 1.165) is 64.2 Å². The zero-order valence-corrected chi connectivity index (χ0v) is 33.8. The van der Waals surface area contributed by atoms with Crippen LogP contribution in [-0.4, -0.2) is 87.5 Å². The van der Waals surface area contributed by atoms with E-state index in [1.54, 1.807) is 0 Å². The van der Waals surface area contributed by atoms with Gasteiger partial charge in [0.1, 0.15) is 24.4 Å². The van der Waals surface area contributed by atoms with Gasteiger partial charge in [0.15, 0.2) is 6.29 Å². The molecule has 9 heteroatoms. The summed E-state index contributed by atoms with van der Waals surface area (Å²) in [6, 6.07) is -0.723. The number of hydrogen-bond acceptors (Lipinski definition) is 8. The van der Waals surface area contributed by atoms with Crippen molar-refractivity contribution in [3.8, 4) is 0 Å². The van der Waals surface area contributed by atoms with Crippen LogP contribution in [0, 0.1) is 0 Å². The van der Waals surface area contributed by atoms with Gasteiger partial charge in [-0.1, -0.05) is 159 Å². The average molecular weight is 752 g/mol. The van der Waals surface area contributed by atoms with Crippen molar-refractivity contribution >= 4 is 5.91 Å². The molecule has 1 rings (SSSR count). The molecule has 1 aliphatic rings. The Hall–Kier alpha value is -1.59. The number of allylic oxidation sites excluding steroid dienone is 6. The van der Waals surface area contributed by atoms with Crippen LogP contribution in [0.25, 0.3) is 0 Å². The van der Waals surface area contributed by atoms with Gasteiger partial charge in [-0.3, -0.25) is 4.79 Å². The molecule has 1 saturated heterocycles. The standard InChI is InChI=1S/C44H81NO8/c1-3-5-7-9-11-13-14-15-16-17-18-19-20-21-22-23-24-26-28-30-32-34-40(48)45-37(38(47)33-31-29-27-25-12-10-8-6-4-2)36-52-44-43(51)42(50)41(49)39(35-46)53-44/h14-15,17-18,20-21,37-39,41-44,46-47,49-51H,3-13,16,19,22-36H2,1-2H3,(H,45,48)/b15-14-,18-17-,21-20-. The van der Waals surface area contributed by atoms with Crippen LogP contribution >= 0.6 is 0 Å². The van der Waals surface area contributed by atoms with Gasteiger partial charge >= 0.3 is 0 Å². The highest BCUT2D eigenvalue weighted by atomic mass is 16.7. The maximum atomic E-state index is 12.9. The minimum absolute atomic E-state index is 0.144. The molecule has 9 nitrogen and oxygen atoms in total. The van der Waals surface area contributed by atoms with E-state index in [0.29, 0.717) is 12.8 Å². The number of unbranched alkanes of at least 4 members (excludes halogenated alkanes) is 19. The second-order valence-electron chi connectivity index (χ2n) is 15.1. The topological polar surface area (TPSA) is 149 Å². The first-order valence-electron chi connectivity index (χ1n) is 21.7. The Kier molecular flexibility index (Phi) is 32.5. The van der Waals surface area contributed by atoms with E-state index in [-0.39, 0.29) is 12.5 Å². The number of nitrogens with one attached hydrogen (secondary N) is 1. The Labute approximate surface area is 323 Å². The number of ether oxygens (including phenoxy) is 2. The van der Waals surface area contributed by atoms with Crippen molar-refractivity contribution in [1.29, 1.82) is 0 Å². The zero-order chi connectivity index (χ0) is 38.8. The van der Waals surface area contributed by atoms with Gasteiger partial charge in [-0.05, 0) is 51.4 Å². The van der Waals surface area contributed by atoms with E-state index < -0.39 is 49.5 Å². The second-order valence-corrected chi connectivity index (χ2v) is 15.1. The van der Waals surface area contributed by atoms with Crippen molar-refractivity contribution in [1.82, 2.24) is 5.32 Å². The molecule has 0 aromatic rings. The fraction of sp³-hybridized carbons (Fsp3) is 0.841. The fourth-order valence-electron chi connectivity index (χ4n) is 6.70. The van der Waals surface area contributed by atoms with Crippen molar-refractivity contribution in [3.63, 3.8) is 0 Å². The van der Waals surface area contributed by atoms with E-state index >= 15 is 0 Å². The lowest BCUT2D eigenvalue weighted by atomic mass is 9.99. The third-order valence-electron chi connectivity index (χ3n) is 10.2. The lowest BCUT2D eigenvalue weighted by Gasteiger charge is -2.40. The van der Waals surface area contributed by atoms with Gasteiger partial charge in [-0.25, -0.2) is 0 Å². The monoisotopic (exact) mass is 752 g/mol. The Balaban J connectivity index is 2.31. The molecule has 0 radical (unpaired) electrons. The molecule has 7 atom stereocenters. The summed E-state index contributed by atoms with van der Waals surface area (Å²) in [6.45, 7) is 3.77. The number of hydrogen-bond donors (Lipinski definition) is 6. The Bertz CT molecular complexity index is 925. The molecule has 1 aliphatic heterocycles. The summed E-state index contributed by atoms with van der Waals surface area (Å²) in [5, 5.41) is 54.1. The average Bonchev–Trinajstić information content (AvgIpc) is 3.16. The number of aliphatic hydroxyl groups excluding tert-OH is 5. The molecule has 53 heavy (non-hydrogen) atoms. The Morgan fingerprint density at radius 2 is 1.11 bits per heavy atom. The smallest absolute Gasteiger partial charge is 0.220 e. The molecule has 1 fully saturated rings. The fourth-order valence-corrected chi connectivity index (χ4v) is 6.70. The Morgan fingerprint density at radius 3 is 1.64 bits per heavy atom. The third kappa shape index (κ3) is 26.0. The molecule has 0 aromatic carbocycles. The highest BCUT2D eigenvalue weighted by molar-refractivity contribution is 5.76. The van der Waals surface area contributed by atoms with Crippen LogP contribution in [-0.2, 0) is 14.3 Å². The highest BCUT2D eigenvalue weighted by Crippen LogP contribution is 2.23. The summed E-state index contributed by atoms with van der Waals surface area (Å²) in [7, 11) is 0. The maximum absolute atomic E-state index is 12.9. The minimum atomic E-state index is -1.55. The van der Waals surface area contributed by atoms with Crippen LogP contribution < -0.4 is 5.32 Å². The van der Waals surface area contributed by atoms with E-state index in [1.807, 2.05) is 0 Å². The van der Waals surface area contributed by atoms with E-state index in [1.165, 1.54) is 89.9 Å². The van der Waals surface area contributed by atoms with Crippen LogP contribution in [0.15, 0.2) is 36.5 Å². The first-order valence-corrected chi connectivity index (χ1v) is 21.7. The number of amides is 1. The third-order valence-corrected chi connectivity index (χ3v) is 10.2. The summed E-state index contributed by atoms with van der Waals surface area (Å²) in [5.41, 5.74) is 0. The van der Waals surface area contributed by atoms with E-state index in [9.17, 15) is 30.3 Å². The van der Waals surface area contributed by atoms with Gasteiger partial charge in [0.2, 0.25) is 5.91 Å². The molecule has 0 bridgehead atoms. The molecule has 6 N–H and O–H groups in total. The van der Waals surface area contributed by atoms with Crippen LogP contribution in [0.4, 0.5) is 0 Å². The SMILES string of the molecule is CCCCCCC/C=C\C/C=C\C/C=C\CCCCCCCCC(=O)NC(COC1OC(CO)C(O)C(O)C1O)C(O)CCCCCCCCCCC. The Morgan fingerprint density at radius 1 is 0.642 bits per heavy atom. The molecule has 0 spiro atoms. The lowest BCUT2D eigenvalue weighted by molar-refractivity contribution is -0.302. The van der Waals surface area contributed by atoms with Crippen LogP contribution in [0.3, 0.4) is 0 Å². The quantitative estimate of drug-likeness (QED) is 0.0279. The van der Waals surface area contributed by atoms with Gasteiger partial charge in [0.25, 0.3) is 0 Å². The van der Waals surface area contributed by atoms with Crippen LogP contribution in [0.2, 0.25) is 0 Å². The molecule has 0 aromatic heterocycles. The predicted octanol–water partition coefficient (Wildman–Crippen LogP) is 8.50. The maximum Gasteiger partial charge on any atom is 0.220 e. The molecule has 0 saturated carbocycles. The molecule has 1 amide bonds. The molecule has 0 aliphatic carbocycles. The summed E-state index contributed by atoms with van der Waals surface area (Å²) in [5.74, 6) is -0.161. The summed E-state index contributed by atoms with van der Waals surface area (Å²) >= 11 is 0. The normalized spacial score (nSPS) is 22.0. The van der Waals surface area contributed by atoms with Gasteiger partial charge in [0, 0.05) is 6.42 Å². The first kappa shape index (κ1) is 49.4. The molecule has 7 unspecified atom stereocenters. The molecular formula is C44H81NO8. The number of rotatable bonds is 35. The molecular weight excluding hydrogens is 670 g/mol. The summed E-state index contributed by atoms with van der Waals surface area (Å²) in [4.78, 5) is 12.9. The van der Waals surface area contributed by atoms with Crippen LogP contribution in [0.5, 0.6) is 0 Å². The number of carbonyl (C=O) groups excluding carboxylic acids is 1. The predicted molar refractivity (Wildman–Crippen MR) is 216 cm³/mol.